The van der Waals surface area contributed by atoms with Gasteiger partial charge in [-0.2, -0.15) is 11.8 Å². The highest BCUT2D eigenvalue weighted by molar-refractivity contribution is 7.99. The maximum absolute atomic E-state index is 9.33. The highest BCUT2D eigenvalue weighted by Gasteiger charge is 2.28. The Morgan fingerprint density at radius 1 is 1.47 bits per heavy atom. The van der Waals surface area contributed by atoms with Gasteiger partial charge in [-0.05, 0) is 32.9 Å². The Morgan fingerprint density at radius 2 is 2.16 bits per heavy atom. The molecule has 2 unspecified atom stereocenters. The van der Waals surface area contributed by atoms with E-state index in [9.17, 15) is 5.11 Å². The van der Waals surface area contributed by atoms with Gasteiger partial charge < -0.3 is 10.4 Å². The van der Waals surface area contributed by atoms with Crippen LogP contribution in [0.25, 0.3) is 0 Å². The average molecular weight is 302 g/mol. The molecule has 0 radical (unpaired) electrons. The van der Waals surface area contributed by atoms with E-state index in [2.05, 4.69) is 15.3 Å². The molecule has 2 N–H and O–H groups in total. The summed E-state index contributed by atoms with van der Waals surface area (Å²) in [6.45, 7) is 4.10. The topological polar surface area (TPSA) is 58.0 Å². The van der Waals surface area contributed by atoms with E-state index in [1.807, 2.05) is 20.1 Å². The minimum Gasteiger partial charge on any atom is -0.395 e. The van der Waals surface area contributed by atoms with Crippen LogP contribution in [0.3, 0.4) is 0 Å². The van der Waals surface area contributed by atoms with E-state index in [1.165, 1.54) is 0 Å². The SMILES string of the molecule is CSC(CO)C(C)Nc1nc(C2CC2)nc(Cl)c1C. The molecular weight excluding hydrogens is 282 g/mol. The van der Waals surface area contributed by atoms with Crippen molar-refractivity contribution in [1.82, 2.24) is 9.97 Å². The summed E-state index contributed by atoms with van der Waals surface area (Å²) in [4.78, 5) is 8.94. The minimum absolute atomic E-state index is 0.122. The lowest BCUT2D eigenvalue weighted by Crippen LogP contribution is -2.31. The van der Waals surface area contributed by atoms with Gasteiger partial charge in [-0.15, -0.1) is 0 Å². The second-order valence-corrected chi connectivity index (χ2v) is 6.45. The molecule has 4 nitrogen and oxygen atoms in total. The van der Waals surface area contributed by atoms with Gasteiger partial charge in [0.1, 0.15) is 16.8 Å². The van der Waals surface area contributed by atoms with Crippen LogP contribution < -0.4 is 5.32 Å². The number of rotatable bonds is 6. The van der Waals surface area contributed by atoms with Crippen molar-refractivity contribution in [3.63, 3.8) is 0 Å². The molecule has 6 heteroatoms. The Kier molecular flexibility index (Phi) is 4.92. The van der Waals surface area contributed by atoms with E-state index in [4.69, 9.17) is 11.6 Å². The first-order valence-electron chi connectivity index (χ1n) is 6.51. The van der Waals surface area contributed by atoms with Crippen molar-refractivity contribution in [2.75, 3.05) is 18.2 Å². The van der Waals surface area contributed by atoms with Crippen molar-refractivity contribution in [2.24, 2.45) is 0 Å². The summed E-state index contributed by atoms with van der Waals surface area (Å²) in [6, 6.07) is 0.122. The summed E-state index contributed by atoms with van der Waals surface area (Å²) in [5.41, 5.74) is 0.871. The minimum atomic E-state index is 0.122. The molecule has 0 saturated heterocycles. The molecule has 0 aliphatic heterocycles. The molecule has 2 atom stereocenters. The zero-order valence-electron chi connectivity index (χ0n) is 11.5. The summed E-state index contributed by atoms with van der Waals surface area (Å²) >= 11 is 7.82. The Hall–Kier alpha value is -0.520. The monoisotopic (exact) mass is 301 g/mol. The molecule has 1 fully saturated rings. The number of hydrogen-bond donors (Lipinski definition) is 2. The standard InChI is InChI=1S/C13H20ClN3OS/c1-7-11(14)16-13(9-4-5-9)17-12(7)15-8(2)10(6-18)19-3/h8-10,18H,4-6H2,1-3H3,(H,15,16,17). The number of hydrogen-bond acceptors (Lipinski definition) is 5. The first kappa shape index (κ1) is 14.9. The zero-order chi connectivity index (χ0) is 14.0. The van der Waals surface area contributed by atoms with Crippen molar-refractivity contribution in [3.8, 4) is 0 Å². The first-order valence-corrected chi connectivity index (χ1v) is 8.17. The molecule has 1 aromatic heterocycles. The van der Waals surface area contributed by atoms with Gasteiger partial charge in [0.15, 0.2) is 0 Å². The van der Waals surface area contributed by atoms with Crippen LogP contribution in [-0.4, -0.2) is 39.2 Å². The Labute approximate surface area is 123 Å². The third kappa shape index (κ3) is 3.52. The molecule has 0 spiro atoms. The predicted octanol–water partition coefficient (Wildman–Crippen LogP) is 2.84. The second kappa shape index (κ2) is 6.29. The van der Waals surface area contributed by atoms with E-state index in [0.717, 1.165) is 30.0 Å². The number of thioether (sulfide) groups is 1. The Balaban J connectivity index is 2.18. The van der Waals surface area contributed by atoms with Crippen LogP contribution in [-0.2, 0) is 0 Å². The van der Waals surface area contributed by atoms with Gasteiger partial charge in [0.05, 0.1) is 6.61 Å². The van der Waals surface area contributed by atoms with Crippen LogP contribution in [0.1, 0.15) is 37.1 Å². The second-order valence-electron chi connectivity index (χ2n) is 5.01. The van der Waals surface area contributed by atoms with E-state index in [-0.39, 0.29) is 17.9 Å². The van der Waals surface area contributed by atoms with Crippen LogP contribution in [0.2, 0.25) is 5.15 Å². The Morgan fingerprint density at radius 3 is 2.68 bits per heavy atom. The van der Waals surface area contributed by atoms with Crippen molar-refractivity contribution < 1.29 is 5.11 Å². The Bertz CT molecular complexity index is 450. The maximum atomic E-state index is 9.33. The number of aliphatic hydroxyl groups excluding tert-OH is 1. The first-order chi connectivity index (χ1) is 9.06. The molecule has 1 heterocycles. The fourth-order valence-electron chi connectivity index (χ4n) is 1.92. The van der Waals surface area contributed by atoms with Crippen molar-refractivity contribution >= 4 is 29.2 Å². The van der Waals surface area contributed by atoms with Gasteiger partial charge in [-0.3, -0.25) is 0 Å². The smallest absolute Gasteiger partial charge is 0.137 e. The summed E-state index contributed by atoms with van der Waals surface area (Å²) in [7, 11) is 0. The average Bonchev–Trinajstić information content (AvgIpc) is 3.20. The molecule has 1 saturated carbocycles. The molecule has 106 valence electrons. The lowest BCUT2D eigenvalue weighted by atomic mass is 10.2. The van der Waals surface area contributed by atoms with Crippen LogP contribution in [0.5, 0.6) is 0 Å². The maximum Gasteiger partial charge on any atom is 0.137 e. The van der Waals surface area contributed by atoms with Crippen molar-refractivity contribution in [3.05, 3.63) is 16.5 Å². The third-order valence-electron chi connectivity index (χ3n) is 3.45. The molecule has 1 aromatic rings. The summed E-state index contributed by atoms with van der Waals surface area (Å²) in [5, 5.41) is 13.4. The quantitative estimate of drug-likeness (QED) is 0.791. The van der Waals surface area contributed by atoms with Gasteiger partial charge in [-0.1, -0.05) is 11.6 Å². The number of aromatic nitrogens is 2. The van der Waals surface area contributed by atoms with Gasteiger partial charge in [0.25, 0.3) is 0 Å². The van der Waals surface area contributed by atoms with Gasteiger partial charge in [0.2, 0.25) is 0 Å². The number of nitrogens with one attached hydrogen (secondary N) is 1. The number of anilines is 1. The molecule has 0 amide bonds. The van der Waals surface area contributed by atoms with Crippen molar-refractivity contribution in [1.29, 1.82) is 0 Å². The lowest BCUT2D eigenvalue weighted by molar-refractivity contribution is 0.288. The number of nitrogens with zero attached hydrogens (tertiary/aromatic N) is 2. The molecule has 2 rings (SSSR count). The summed E-state index contributed by atoms with van der Waals surface area (Å²) in [6.07, 6.45) is 4.30. The third-order valence-corrected chi connectivity index (χ3v) is 4.98. The van der Waals surface area contributed by atoms with Crippen LogP contribution in [0.4, 0.5) is 5.82 Å². The van der Waals surface area contributed by atoms with E-state index in [1.54, 1.807) is 11.8 Å². The van der Waals surface area contributed by atoms with Gasteiger partial charge in [0, 0.05) is 22.8 Å². The molecular formula is C13H20ClN3OS. The molecule has 19 heavy (non-hydrogen) atoms. The van der Waals surface area contributed by atoms with Crippen molar-refractivity contribution in [2.45, 2.75) is 43.9 Å². The fraction of sp³-hybridized carbons (Fsp3) is 0.692. The van der Waals surface area contributed by atoms with E-state index < -0.39 is 0 Å². The van der Waals surface area contributed by atoms with E-state index >= 15 is 0 Å². The number of halogens is 1. The van der Waals surface area contributed by atoms with E-state index in [0.29, 0.717) is 11.1 Å². The lowest BCUT2D eigenvalue weighted by Gasteiger charge is -2.23. The molecule has 0 bridgehead atoms. The molecule has 0 aromatic carbocycles. The summed E-state index contributed by atoms with van der Waals surface area (Å²) < 4.78 is 0. The number of aliphatic hydroxyl groups is 1. The fourth-order valence-corrected chi connectivity index (χ4v) is 2.72. The zero-order valence-corrected chi connectivity index (χ0v) is 13.1. The summed E-state index contributed by atoms with van der Waals surface area (Å²) in [5.74, 6) is 2.11. The highest BCUT2D eigenvalue weighted by Crippen LogP contribution is 2.39. The highest BCUT2D eigenvalue weighted by atomic mass is 35.5. The van der Waals surface area contributed by atoms with Crippen LogP contribution in [0.15, 0.2) is 0 Å². The van der Waals surface area contributed by atoms with Gasteiger partial charge >= 0.3 is 0 Å². The van der Waals surface area contributed by atoms with Crippen LogP contribution in [0, 0.1) is 6.92 Å². The molecule has 1 aliphatic rings. The van der Waals surface area contributed by atoms with Crippen LogP contribution >= 0.6 is 23.4 Å². The normalized spacial score (nSPS) is 18.2. The predicted molar refractivity (Wildman–Crippen MR) is 81.2 cm³/mol. The largest absolute Gasteiger partial charge is 0.395 e. The molecule has 1 aliphatic carbocycles. The van der Waals surface area contributed by atoms with Gasteiger partial charge in [-0.25, -0.2) is 9.97 Å².